The van der Waals surface area contributed by atoms with E-state index < -0.39 is 25.6 Å². The molecule has 24 heavy (non-hydrogen) atoms. The number of hydrogen-bond acceptors (Lipinski definition) is 3. The number of ether oxygens (including phenoxy) is 1. The Morgan fingerprint density at radius 3 is 2.21 bits per heavy atom. The maximum absolute atomic E-state index is 12.6. The summed E-state index contributed by atoms with van der Waals surface area (Å²) in [5.74, 6) is -1.05. The fourth-order valence-corrected chi connectivity index (χ4v) is 3.72. The highest BCUT2D eigenvalue weighted by atomic mass is 31.1. The Hall–Kier alpha value is -2.03. The van der Waals surface area contributed by atoms with Gasteiger partial charge in [-0.1, -0.05) is 74.0 Å². The molecular weight excluding hydrogens is 323 g/mol. The fraction of sp³-hybridized carbons (Fsp3) is 0.316. The van der Waals surface area contributed by atoms with Crippen LogP contribution in [0.4, 0.5) is 0 Å². The van der Waals surface area contributed by atoms with E-state index in [4.69, 9.17) is 4.74 Å². The van der Waals surface area contributed by atoms with E-state index in [-0.39, 0.29) is 6.61 Å². The van der Waals surface area contributed by atoms with Gasteiger partial charge >= 0.3 is 14.0 Å². The zero-order valence-corrected chi connectivity index (χ0v) is 14.6. The number of esters is 1. The van der Waals surface area contributed by atoms with E-state index in [1.165, 1.54) is 0 Å². The van der Waals surface area contributed by atoms with E-state index >= 15 is 0 Å². The predicted molar refractivity (Wildman–Crippen MR) is 93.6 cm³/mol. The van der Waals surface area contributed by atoms with Crippen molar-refractivity contribution in [3.63, 3.8) is 0 Å². The maximum Gasteiger partial charge on any atom is 0.514 e. The largest absolute Gasteiger partial charge is 0.514 e. The molecule has 0 aromatic heterocycles. The number of carbonyl (C=O) groups is 1. The van der Waals surface area contributed by atoms with Crippen LogP contribution in [0.2, 0.25) is 0 Å². The third-order valence-corrected chi connectivity index (χ3v) is 5.02. The Morgan fingerprint density at radius 1 is 1.08 bits per heavy atom. The van der Waals surface area contributed by atoms with E-state index in [9.17, 15) is 14.3 Å². The van der Waals surface area contributed by atoms with Crippen LogP contribution in [0.1, 0.15) is 36.6 Å². The van der Waals surface area contributed by atoms with Gasteiger partial charge in [0.2, 0.25) is 5.66 Å². The van der Waals surface area contributed by atoms with E-state index in [1.807, 2.05) is 43.3 Å². The van der Waals surface area contributed by atoms with Crippen LogP contribution < -0.4 is 0 Å². The van der Waals surface area contributed by atoms with Crippen LogP contribution in [0.25, 0.3) is 0 Å². The summed E-state index contributed by atoms with van der Waals surface area (Å²) < 4.78 is 17.4. The van der Waals surface area contributed by atoms with E-state index in [1.54, 1.807) is 24.3 Å². The summed E-state index contributed by atoms with van der Waals surface area (Å²) in [6.07, 6.45) is 1.24. The molecular formula is C19H22O4P+. The average Bonchev–Trinajstić information content (AvgIpc) is 2.61. The summed E-state index contributed by atoms with van der Waals surface area (Å²) in [7, 11) is -2.54. The van der Waals surface area contributed by atoms with Gasteiger partial charge in [0.05, 0.1) is 0 Å². The quantitative estimate of drug-likeness (QED) is 0.560. The first-order valence-corrected chi connectivity index (χ1v) is 9.32. The van der Waals surface area contributed by atoms with Gasteiger partial charge in [-0.05, 0) is 16.5 Å². The number of carbonyl (C=O) groups excluding carboxylic acids is 1. The zero-order valence-electron chi connectivity index (χ0n) is 13.7. The van der Waals surface area contributed by atoms with Gasteiger partial charge in [-0.15, -0.1) is 0 Å². The number of hydrogen-bond donors (Lipinski definition) is 1. The second kappa shape index (κ2) is 9.31. The number of benzene rings is 2. The lowest BCUT2D eigenvalue weighted by molar-refractivity contribution is -0.150. The Kier molecular flexibility index (Phi) is 7.10. The predicted octanol–water partition coefficient (Wildman–Crippen LogP) is 4.62. The molecule has 2 rings (SSSR count). The van der Waals surface area contributed by atoms with Gasteiger partial charge < -0.3 is 4.74 Å². The highest BCUT2D eigenvalue weighted by molar-refractivity contribution is 7.38. The molecule has 0 radical (unpaired) electrons. The summed E-state index contributed by atoms with van der Waals surface area (Å²) >= 11 is 0. The molecule has 1 N–H and O–H groups in total. The lowest BCUT2D eigenvalue weighted by Crippen LogP contribution is -2.23. The first-order chi connectivity index (χ1) is 11.6. The lowest BCUT2D eigenvalue weighted by Gasteiger charge is -2.17. The first kappa shape index (κ1) is 18.3. The normalized spacial score (nSPS) is 13.8. The molecule has 2 aromatic rings. The molecule has 0 heterocycles. The Bertz CT molecular complexity index is 658. The van der Waals surface area contributed by atoms with E-state index in [2.05, 4.69) is 0 Å². The van der Waals surface area contributed by atoms with Crippen molar-refractivity contribution < 1.29 is 19.0 Å². The summed E-state index contributed by atoms with van der Waals surface area (Å²) in [6.45, 7) is 2.12. The summed E-state index contributed by atoms with van der Waals surface area (Å²) in [4.78, 5) is 22.4. The minimum absolute atomic E-state index is 0.170. The highest BCUT2D eigenvalue weighted by Crippen LogP contribution is 2.45. The molecule has 5 heteroatoms. The first-order valence-electron chi connectivity index (χ1n) is 8.04. The van der Waals surface area contributed by atoms with Gasteiger partial charge in [-0.25, -0.2) is 0 Å². The molecule has 0 amide bonds. The number of rotatable bonds is 8. The molecule has 4 nitrogen and oxygen atoms in total. The van der Waals surface area contributed by atoms with Gasteiger partial charge in [-0.2, -0.15) is 4.89 Å². The van der Waals surface area contributed by atoms with E-state index in [0.29, 0.717) is 12.0 Å². The van der Waals surface area contributed by atoms with Crippen molar-refractivity contribution in [3.05, 3.63) is 71.8 Å². The smallest absolute Gasteiger partial charge is 0.460 e. The maximum atomic E-state index is 12.6. The van der Waals surface area contributed by atoms with E-state index in [0.717, 1.165) is 12.0 Å². The van der Waals surface area contributed by atoms with Crippen LogP contribution >= 0.6 is 8.03 Å². The van der Waals surface area contributed by atoms with Crippen LogP contribution in [-0.4, -0.2) is 10.9 Å². The van der Waals surface area contributed by atoms with Gasteiger partial charge in [-0.3, -0.25) is 4.79 Å². The molecule has 0 saturated heterocycles. The van der Waals surface area contributed by atoms with Crippen molar-refractivity contribution >= 4 is 14.0 Å². The average molecular weight is 345 g/mol. The second-order valence-corrected chi connectivity index (χ2v) is 6.81. The molecule has 2 aromatic carbocycles. The molecule has 3 atom stereocenters. The van der Waals surface area contributed by atoms with Gasteiger partial charge in [0.25, 0.3) is 0 Å². The highest BCUT2D eigenvalue weighted by Gasteiger charge is 2.43. The molecule has 0 aliphatic rings. The monoisotopic (exact) mass is 345 g/mol. The van der Waals surface area contributed by atoms with Crippen molar-refractivity contribution in [2.24, 2.45) is 5.92 Å². The summed E-state index contributed by atoms with van der Waals surface area (Å²) in [6, 6.07) is 18.4. The van der Waals surface area contributed by atoms with Crippen molar-refractivity contribution in [3.8, 4) is 0 Å². The van der Waals surface area contributed by atoms with Gasteiger partial charge in [0.1, 0.15) is 12.5 Å². The third-order valence-electron chi connectivity index (χ3n) is 3.89. The topological polar surface area (TPSA) is 63.6 Å². The van der Waals surface area contributed by atoms with Crippen molar-refractivity contribution in [2.75, 3.05) is 0 Å². The van der Waals surface area contributed by atoms with Crippen LogP contribution in [-0.2, 0) is 20.7 Å². The molecule has 0 spiro atoms. The SMILES string of the molecule is CCCC(C(=O)OCc1ccccc1)C(c1ccccc1)[P+](=O)O. The Morgan fingerprint density at radius 2 is 1.67 bits per heavy atom. The third kappa shape index (κ3) is 4.98. The minimum atomic E-state index is -2.54. The molecule has 126 valence electrons. The minimum Gasteiger partial charge on any atom is -0.460 e. The fourth-order valence-electron chi connectivity index (χ4n) is 2.72. The van der Waals surface area contributed by atoms with Crippen LogP contribution in [0, 0.1) is 5.92 Å². The summed E-state index contributed by atoms with van der Waals surface area (Å²) in [5, 5.41) is 0. The van der Waals surface area contributed by atoms with Crippen LogP contribution in [0.5, 0.6) is 0 Å². The molecule has 0 saturated carbocycles. The van der Waals surface area contributed by atoms with Crippen molar-refractivity contribution in [2.45, 2.75) is 32.0 Å². The standard InChI is InChI=1S/C19H21O4P/c1-2-9-17(18(24(21)22)16-12-7-4-8-13-16)19(20)23-14-15-10-5-3-6-11-15/h3-8,10-13,17-18H,2,9,14H2,1H3/p+1. The van der Waals surface area contributed by atoms with Gasteiger partial charge in [0, 0.05) is 5.56 Å². The summed E-state index contributed by atoms with van der Waals surface area (Å²) in [5.41, 5.74) is 0.839. The molecule has 0 bridgehead atoms. The molecule has 0 aliphatic carbocycles. The van der Waals surface area contributed by atoms with Crippen molar-refractivity contribution in [1.29, 1.82) is 0 Å². The van der Waals surface area contributed by atoms with Crippen molar-refractivity contribution in [1.82, 2.24) is 0 Å². The molecule has 0 aliphatic heterocycles. The zero-order chi connectivity index (χ0) is 17.4. The Balaban J connectivity index is 2.16. The van der Waals surface area contributed by atoms with Crippen LogP contribution in [0.3, 0.4) is 0 Å². The van der Waals surface area contributed by atoms with Gasteiger partial charge in [0.15, 0.2) is 0 Å². The van der Waals surface area contributed by atoms with Crippen LogP contribution in [0.15, 0.2) is 60.7 Å². The molecule has 0 fully saturated rings. The molecule has 3 unspecified atom stereocenters. The lowest BCUT2D eigenvalue weighted by atomic mass is 9.94. The Labute approximate surface area is 143 Å². The second-order valence-electron chi connectivity index (χ2n) is 5.65.